The number of aromatic nitrogens is 3. The minimum atomic E-state index is -0.301. The summed E-state index contributed by atoms with van der Waals surface area (Å²) < 4.78 is 12.3. The van der Waals surface area contributed by atoms with Gasteiger partial charge in [0.25, 0.3) is 0 Å². The molecule has 0 saturated heterocycles. The molecule has 3 aromatic rings. The van der Waals surface area contributed by atoms with Crippen LogP contribution in [0.1, 0.15) is 23.4 Å². The molecular weight excluding hydrogens is 416 g/mol. The van der Waals surface area contributed by atoms with Crippen LogP contribution in [0.4, 0.5) is 5.69 Å². The van der Waals surface area contributed by atoms with Crippen LogP contribution in [0.5, 0.6) is 11.5 Å². The summed E-state index contributed by atoms with van der Waals surface area (Å²) in [7, 11) is 0. The van der Waals surface area contributed by atoms with Crippen LogP contribution >= 0.6 is 11.8 Å². The number of carbonyl (C=O) groups excluding carboxylic acids is 1. The van der Waals surface area contributed by atoms with Gasteiger partial charge >= 0.3 is 5.69 Å². The highest BCUT2D eigenvalue weighted by molar-refractivity contribution is 8.00. The number of nitrogens with one attached hydrogen (secondary N) is 1. The van der Waals surface area contributed by atoms with Gasteiger partial charge in [-0.05, 0) is 43.5 Å². The molecule has 8 nitrogen and oxygen atoms in total. The zero-order valence-electron chi connectivity index (χ0n) is 16.7. The van der Waals surface area contributed by atoms with Crippen LogP contribution in [0.15, 0.2) is 52.4 Å². The molecule has 0 fully saturated rings. The Balaban J connectivity index is 1.29. The number of carbonyl (C=O) groups is 1. The molecule has 2 aromatic heterocycles. The van der Waals surface area contributed by atoms with Crippen LogP contribution in [0.25, 0.3) is 0 Å². The number of nitrogens with zero attached hydrogens (tertiary/aromatic N) is 3. The third-order valence-corrected chi connectivity index (χ3v) is 6.26. The van der Waals surface area contributed by atoms with Crippen LogP contribution in [0.3, 0.4) is 0 Å². The minimum absolute atomic E-state index is 0.164. The second-order valence-electron chi connectivity index (χ2n) is 7.29. The Hall–Kier alpha value is -3.33. The highest BCUT2D eigenvalue weighted by atomic mass is 32.2. The van der Waals surface area contributed by atoms with Gasteiger partial charge in [0.05, 0.1) is 18.0 Å². The van der Waals surface area contributed by atoms with Gasteiger partial charge in [-0.1, -0.05) is 17.8 Å². The van der Waals surface area contributed by atoms with Crippen molar-refractivity contribution in [2.75, 3.05) is 17.9 Å². The van der Waals surface area contributed by atoms with Gasteiger partial charge in [-0.3, -0.25) is 14.3 Å². The van der Waals surface area contributed by atoms with E-state index in [-0.39, 0.29) is 24.1 Å². The lowest BCUT2D eigenvalue weighted by Gasteiger charge is -2.14. The molecule has 0 bridgehead atoms. The molecule has 5 rings (SSSR count). The van der Waals surface area contributed by atoms with Crippen LogP contribution in [0, 0.1) is 0 Å². The maximum atomic E-state index is 12.7. The van der Waals surface area contributed by atoms with Crippen molar-refractivity contribution >= 4 is 23.4 Å². The van der Waals surface area contributed by atoms with Gasteiger partial charge in [-0.15, -0.1) is 0 Å². The lowest BCUT2D eigenvalue weighted by Crippen LogP contribution is -2.28. The first kappa shape index (κ1) is 19.6. The number of pyridine rings is 1. The number of fused-ring (bicyclic) bond motifs is 2. The Labute approximate surface area is 182 Å². The first-order chi connectivity index (χ1) is 15.2. The van der Waals surface area contributed by atoms with Crippen molar-refractivity contribution in [3.63, 3.8) is 0 Å². The maximum absolute atomic E-state index is 12.7. The van der Waals surface area contributed by atoms with Gasteiger partial charge in [-0.25, -0.2) is 4.79 Å². The van der Waals surface area contributed by atoms with Crippen molar-refractivity contribution in [3.05, 3.63) is 70.0 Å². The number of thioether (sulfide) groups is 1. The van der Waals surface area contributed by atoms with E-state index in [0.29, 0.717) is 28.8 Å². The Kier molecular flexibility index (Phi) is 5.33. The lowest BCUT2D eigenvalue weighted by molar-refractivity contribution is -0.113. The average molecular weight is 436 g/mol. The van der Waals surface area contributed by atoms with Crippen molar-refractivity contribution in [2.45, 2.75) is 30.8 Å². The van der Waals surface area contributed by atoms with Crippen molar-refractivity contribution < 1.29 is 14.3 Å². The first-order valence-corrected chi connectivity index (χ1v) is 11.0. The van der Waals surface area contributed by atoms with Crippen LogP contribution < -0.4 is 20.5 Å². The predicted molar refractivity (Wildman–Crippen MR) is 116 cm³/mol. The SMILES string of the molecule is O=C(CSc1nc(=O)n(Cc2ccccn2)c2c1CCC2)Nc1ccc2c(c1)OCO2. The number of hydrogen-bond acceptors (Lipinski definition) is 7. The van der Waals surface area contributed by atoms with Gasteiger partial charge < -0.3 is 14.8 Å². The summed E-state index contributed by atoms with van der Waals surface area (Å²) in [6.45, 7) is 0.593. The molecule has 1 aliphatic heterocycles. The fourth-order valence-corrected chi connectivity index (χ4v) is 4.70. The largest absolute Gasteiger partial charge is 0.454 e. The standard InChI is InChI=1S/C22H20N4O4S/c27-20(24-14-7-8-18-19(10-14)30-13-29-18)12-31-21-16-5-3-6-17(16)26(22(28)25-21)11-15-4-1-2-9-23-15/h1-2,4,7-10H,3,5-6,11-13H2,(H,24,27). The Morgan fingerprint density at radius 2 is 2.06 bits per heavy atom. The number of anilines is 1. The summed E-state index contributed by atoms with van der Waals surface area (Å²) in [5, 5.41) is 3.50. The fourth-order valence-electron chi connectivity index (χ4n) is 3.83. The van der Waals surface area contributed by atoms with Crippen molar-refractivity contribution in [1.82, 2.24) is 14.5 Å². The van der Waals surface area contributed by atoms with Crippen LogP contribution in [0.2, 0.25) is 0 Å². The minimum Gasteiger partial charge on any atom is -0.454 e. The van der Waals surface area contributed by atoms with E-state index in [0.717, 1.165) is 36.2 Å². The molecular formula is C22H20N4O4S. The van der Waals surface area contributed by atoms with Crippen molar-refractivity contribution in [1.29, 1.82) is 0 Å². The van der Waals surface area contributed by atoms with Crippen molar-refractivity contribution in [2.24, 2.45) is 0 Å². The number of hydrogen-bond donors (Lipinski definition) is 1. The summed E-state index contributed by atoms with van der Waals surface area (Å²) >= 11 is 1.30. The van der Waals surface area contributed by atoms with Gasteiger partial charge in [-0.2, -0.15) is 4.98 Å². The van der Waals surface area contributed by atoms with Crippen LogP contribution in [-0.2, 0) is 24.2 Å². The van der Waals surface area contributed by atoms with Gasteiger partial charge in [0.1, 0.15) is 5.03 Å². The van der Waals surface area contributed by atoms with Gasteiger partial charge in [0, 0.05) is 29.2 Å². The normalized spacial score (nSPS) is 13.8. The van der Waals surface area contributed by atoms with E-state index in [1.807, 2.05) is 18.2 Å². The van der Waals surface area contributed by atoms with Gasteiger partial charge in [0.2, 0.25) is 12.7 Å². The quantitative estimate of drug-likeness (QED) is 0.469. The molecule has 158 valence electrons. The first-order valence-electron chi connectivity index (χ1n) is 10.0. The molecule has 31 heavy (non-hydrogen) atoms. The molecule has 3 heterocycles. The van der Waals surface area contributed by atoms with E-state index in [1.54, 1.807) is 29.0 Å². The number of ether oxygens (including phenoxy) is 2. The van der Waals surface area contributed by atoms with E-state index in [1.165, 1.54) is 11.8 Å². The summed E-state index contributed by atoms with van der Waals surface area (Å²) in [4.78, 5) is 33.8. The smallest absolute Gasteiger partial charge is 0.349 e. The molecule has 2 aliphatic rings. The van der Waals surface area contributed by atoms with E-state index >= 15 is 0 Å². The topological polar surface area (TPSA) is 95.3 Å². The molecule has 0 atom stereocenters. The van der Waals surface area contributed by atoms with Gasteiger partial charge in [0.15, 0.2) is 11.5 Å². The highest BCUT2D eigenvalue weighted by Crippen LogP contribution is 2.34. The predicted octanol–water partition coefficient (Wildman–Crippen LogP) is 2.63. The Bertz CT molecular complexity index is 1200. The van der Waals surface area contributed by atoms with Crippen molar-refractivity contribution in [3.8, 4) is 11.5 Å². The summed E-state index contributed by atoms with van der Waals surface area (Å²) in [5.41, 5.74) is 3.23. The lowest BCUT2D eigenvalue weighted by atomic mass is 10.2. The molecule has 9 heteroatoms. The average Bonchev–Trinajstić information content (AvgIpc) is 3.44. The molecule has 0 spiro atoms. The molecule has 0 unspecified atom stereocenters. The highest BCUT2D eigenvalue weighted by Gasteiger charge is 2.23. The molecule has 1 amide bonds. The number of benzene rings is 1. The summed E-state index contributed by atoms with van der Waals surface area (Å²) in [6.07, 6.45) is 4.38. The summed E-state index contributed by atoms with van der Waals surface area (Å²) in [5.74, 6) is 1.27. The van der Waals surface area contributed by atoms with E-state index in [9.17, 15) is 9.59 Å². The Morgan fingerprint density at radius 3 is 2.94 bits per heavy atom. The third kappa shape index (κ3) is 4.13. The number of rotatable bonds is 6. The third-order valence-electron chi connectivity index (χ3n) is 5.24. The molecule has 0 radical (unpaired) electrons. The second kappa shape index (κ2) is 8.43. The second-order valence-corrected chi connectivity index (χ2v) is 8.25. The maximum Gasteiger partial charge on any atom is 0.349 e. The Morgan fingerprint density at radius 1 is 1.16 bits per heavy atom. The fraction of sp³-hybridized carbons (Fsp3) is 0.273. The summed E-state index contributed by atoms with van der Waals surface area (Å²) in [6, 6.07) is 10.9. The van der Waals surface area contributed by atoms with E-state index in [4.69, 9.17) is 9.47 Å². The van der Waals surface area contributed by atoms with E-state index < -0.39 is 0 Å². The molecule has 0 saturated carbocycles. The monoisotopic (exact) mass is 436 g/mol. The zero-order valence-corrected chi connectivity index (χ0v) is 17.5. The molecule has 1 aliphatic carbocycles. The zero-order chi connectivity index (χ0) is 21.2. The van der Waals surface area contributed by atoms with E-state index in [2.05, 4.69) is 15.3 Å². The number of amides is 1. The van der Waals surface area contributed by atoms with Crippen LogP contribution in [-0.4, -0.2) is 33.0 Å². The molecule has 1 aromatic carbocycles. The molecule has 1 N–H and O–H groups in total.